The van der Waals surface area contributed by atoms with Crippen LogP contribution in [0, 0.1) is 11.2 Å². The lowest BCUT2D eigenvalue weighted by Crippen LogP contribution is -2.49. The number of nitrogens with one attached hydrogen (secondary N) is 2. The van der Waals surface area contributed by atoms with E-state index < -0.39 is 11.7 Å². The fourth-order valence-corrected chi connectivity index (χ4v) is 4.62. The van der Waals surface area contributed by atoms with Crippen molar-refractivity contribution in [1.82, 2.24) is 30.2 Å². The molecule has 0 aliphatic carbocycles. The van der Waals surface area contributed by atoms with E-state index in [2.05, 4.69) is 25.1 Å². The molecule has 2 saturated heterocycles. The quantitative estimate of drug-likeness (QED) is 0.386. The van der Waals surface area contributed by atoms with Crippen LogP contribution in [0.25, 0.3) is 22.6 Å². The molecule has 1 amide bonds. The summed E-state index contributed by atoms with van der Waals surface area (Å²) in [5.74, 6) is 0.596. The van der Waals surface area contributed by atoms with Gasteiger partial charge in [-0.05, 0) is 64.3 Å². The first-order valence-corrected chi connectivity index (χ1v) is 13.5. The zero-order valence-electron chi connectivity index (χ0n) is 23.2. The minimum absolute atomic E-state index is 0.103. The highest BCUT2D eigenvalue weighted by Crippen LogP contribution is 2.35. The number of nitrogens with zero attached hydrogens (tertiary/aromatic N) is 5. The van der Waals surface area contributed by atoms with Crippen LogP contribution in [0.2, 0.25) is 0 Å². The zero-order chi connectivity index (χ0) is 28.1. The molecule has 5 rings (SSSR count). The molecular weight excluding hydrogens is 517 g/mol. The van der Waals surface area contributed by atoms with Gasteiger partial charge in [0.25, 0.3) is 0 Å². The molecule has 0 spiro atoms. The van der Waals surface area contributed by atoms with Crippen LogP contribution in [0.1, 0.15) is 25.5 Å². The number of carbonyl (C=O) groups is 1. The third kappa shape index (κ3) is 6.47. The van der Waals surface area contributed by atoms with Gasteiger partial charge >= 0.3 is 0 Å². The fraction of sp³-hybridized carbons (Fsp3) is 0.500. The smallest absolute Gasteiger partial charge is 0.230 e. The van der Waals surface area contributed by atoms with Crippen LogP contribution in [-0.4, -0.2) is 97.4 Å². The summed E-state index contributed by atoms with van der Waals surface area (Å²) in [6, 6.07) is 7.92. The Balaban J connectivity index is 1.36. The van der Waals surface area contributed by atoms with Crippen LogP contribution in [0.4, 0.5) is 10.3 Å². The second kappa shape index (κ2) is 12.4. The van der Waals surface area contributed by atoms with Gasteiger partial charge in [0.05, 0.1) is 48.9 Å². The van der Waals surface area contributed by atoms with E-state index in [9.17, 15) is 9.18 Å². The summed E-state index contributed by atoms with van der Waals surface area (Å²) in [6.45, 7) is 6.30. The Labute approximate surface area is 233 Å². The largest absolute Gasteiger partial charge is 0.378 e. The van der Waals surface area contributed by atoms with Gasteiger partial charge in [-0.3, -0.25) is 4.79 Å². The summed E-state index contributed by atoms with van der Waals surface area (Å²) < 4.78 is 31.2. The molecular formula is C28H36FN7O4. The van der Waals surface area contributed by atoms with E-state index in [0.29, 0.717) is 67.3 Å². The summed E-state index contributed by atoms with van der Waals surface area (Å²) >= 11 is 0. The molecule has 2 aliphatic heterocycles. The Morgan fingerprint density at radius 2 is 1.88 bits per heavy atom. The van der Waals surface area contributed by atoms with Gasteiger partial charge < -0.3 is 34.3 Å². The molecule has 1 aromatic carbocycles. The molecule has 0 unspecified atom stereocenters. The van der Waals surface area contributed by atoms with Crippen molar-refractivity contribution in [3.05, 3.63) is 48.2 Å². The first-order valence-electron chi connectivity index (χ1n) is 13.5. The molecule has 2 N–H and O–H groups in total. The van der Waals surface area contributed by atoms with Crippen molar-refractivity contribution < 1.29 is 23.4 Å². The van der Waals surface area contributed by atoms with Gasteiger partial charge in [0.15, 0.2) is 5.82 Å². The number of halogens is 1. The molecule has 0 atom stereocenters. The molecule has 0 bridgehead atoms. The van der Waals surface area contributed by atoms with Crippen LogP contribution in [0.15, 0.2) is 36.5 Å². The molecule has 2 aromatic heterocycles. The number of amides is 1. The highest BCUT2D eigenvalue weighted by molar-refractivity contribution is 5.82. The maximum atomic E-state index is 13.7. The van der Waals surface area contributed by atoms with Gasteiger partial charge in [-0.2, -0.15) is 0 Å². The standard InChI is InChI=1S/C28H36FN7O4/c1-28(26(37)30-10-4-12-35(2)3)17-39-25(40-18-28)24-33-22(19-5-7-20(29)8-6-19)23(34-24)21-9-11-31-27(32-21)36-13-15-38-16-14-36/h5-9,11,25H,4,10,12-18H2,1-3H3,(H,30,37)(H,33,34). The summed E-state index contributed by atoms with van der Waals surface area (Å²) in [5.41, 5.74) is 1.75. The Kier molecular flexibility index (Phi) is 8.69. The number of rotatable bonds is 9. The van der Waals surface area contributed by atoms with E-state index in [4.69, 9.17) is 24.2 Å². The number of morpholine rings is 1. The van der Waals surface area contributed by atoms with E-state index in [1.54, 1.807) is 24.4 Å². The van der Waals surface area contributed by atoms with Crippen molar-refractivity contribution in [2.24, 2.45) is 5.41 Å². The van der Waals surface area contributed by atoms with E-state index in [1.807, 2.05) is 21.0 Å². The van der Waals surface area contributed by atoms with Gasteiger partial charge in [-0.15, -0.1) is 0 Å². The first-order chi connectivity index (χ1) is 19.3. The predicted molar refractivity (Wildman–Crippen MR) is 147 cm³/mol. The fourth-order valence-electron chi connectivity index (χ4n) is 4.62. The van der Waals surface area contributed by atoms with Crippen molar-refractivity contribution >= 4 is 11.9 Å². The molecule has 40 heavy (non-hydrogen) atoms. The Morgan fingerprint density at radius 1 is 1.15 bits per heavy atom. The van der Waals surface area contributed by atoms with Crippen molar-refractivity contribution in [2.45, 2.75) is 19.6 Å². The maximum Gasteiger partial charge on any atom is 0.230 e. The number of aromatic amines is 1. The van der Waals surface area contributed by atoms with Crippen molar-refractivity contribution in [3.8, 4) is 22.6 Å². The number of benzene rings is 1. The molecule has 3 aromatic rings. The average Bonchev–Trinajstić information content (AvgIpc) is 3.42. The number of imidazole rings is 1. The second-order valence-electron chi connectivity index (χ2n) is 10.6. The van der Waals surface area contributed by atoms with Crippen LogP contribution in [0.3, 0.4) is 0 Å². The molecule has 4 heterocycles. The average molecular weight is 554 g/mol. The highest BCUT2D eigenvalue weighted by Gasteiger charge is 2.40. The summed E-state index contributed by atoms with van der Waals surface area (Å²) in [5, 5.41) is 2.99. The van der Waals surface area contributed by atoms with Crippen LogP contribution in [0.5, 0.6) is 0 Å². The molecule has 12 heteroatoms. The summed E-state index contributed by atoms with van der Waals surface area (Å²) in [6.07, 6.45) is 1.76. The first kappa shape index (κ1) is 28.1. The zero-order valence-corrected chi connectivity index (χ0v) is 23.2. The van der Waals surface area contributed by atoms with Crippen molar-refractivity contribution in [1.29, 1.82) is 0 Å². The summed E-state index contributed by atoms with van der Waals surface area (Å²) in [7, 11) is 4.00. The number of ether oxygens (including phenoxy) is 3. The maximum absolute atomic E-state index is 13.7. The van der Waals surface area contributed by atoms with Gasteiger partial charge in [0.2, 0.25) is 18.1 Å². The normalized spacial score (nSPS) is 21.5. The number of hydrogen-bond acceptors (Lipinski definition) is 9. The topological polar surface area (TPSA) is 118 Å². The number of aromatic nitrogens is 4. The monoisotopic (exact) mass is 553 g/mol. The minimum atomic E-state index is -0.816. The Hall–Kier alpha value is -3.45. The highest BCUT2D eigenvalue weighted by atomic mass is 19.1. The second-order valence-corrected chi connectivity index (χ2v) is 10.6. The molecule has 214 valence electrons. The van der Waals surface area contributed by atoms with Crippen molar-refractivity contribution in [3.63, 3.8) is 0 Å². The van der Waals surface area contributed by atoms with Gasteiger partial charge in [-0.25, -0.2) is 19.3 Å². The lowest BCUT2D eigenvalue weighted by atomic mass is 9.91. The van der Waals surface area contributed by atoms with Crippen molar-refractivity contribution in [2.75, 3.05) is 71.6 Å². The van der Waals surface area contributed by atoms with Gasteiger partial charge in [0, 0.05) is 31.4 Å². The molecule has 0 radical (unpaired) electrons. The van der Waals surface area contributed by atoms with E-state index in [1.165, 1.54) is 12.1 Å². The van der Waals surface area contributed by atoms with Crippen LogP contribution < -0.4 is 10.2 Å². The lowest BCUT2D eigenvalue weighted by molar-refractivity contribution is -0.231. The number of hydrogen-bond donors (Lipinski definition) is 2. The number of carbonyl (C=O) groups excluding carboxylic acids is 1. The third-order valence-corrected chi connectivity index (χ3v) is 6.98. The van der Waals surface area contributed by atoms with Gasteiger partial charge in [0.1, 0.15) is 5.82 Å². The minimum Gasteiger partial charge on any atom is -0.378 e. The number of anilines is 1. The van der Waals surface area contributed by atoms with E-state index >= 15 is 0 Å². The number of H-pyrrole nitrogens is 1. The van der Waals surface area contributed by atoms with E-state index in [0.717, 1.165) is 13.0 Å². The Bertz CT molecular complexity index is 1290. The van der Waals surface area contributed by atoms with E-state index in [-0.39, 0.29) is 24.9 Å². The third-order valence-electron chi connectivity index (χ3n) is 6.98. The van der Waals surface area contributed by atoms with Gasteiger partial charge in [-0.1, -0.05) is 0 Å². The van der Waals surface area contributed by atoms with Crippen LogP contribution >= 0.6 is 0 Å². The molecule has 11 nitrogen and oxygen atoms in total. The molecule has 0 saturated carbocycles. The molecule has 2 fully saturated rings. The Morgan fingerprint density at radius 3 is 2.58 bits per heavy atom. The van der Waals surface area contributed by atoms with Crippen LogP contribution in [-0.2, 0) is 19.0 Å². The summed E-state index contributed by atoms with van der Waals surface area (Å²) in [4.78, 5) is 34.4. The SMILES string of the molecule is CN(C)CCCNC(=O)C1(C)COC(c2nc(-c3ccc(F)cc3)c(-c3ccnc(N4CCOCC4)n3)[nH]2)OC1. The lowest BCUT2D eigenvalue weighted by Gasteiger charge is -2.35. The predicted octanol–water partition coefficient (Wildman–Crippen LogP) is 2.63. The molecule has 2 aliphatic rings.